The second kappa shape index (κ2) is 5.31. The average molecular weight is 363 g/mol. The van der Waals surface area contributed by atoms with Crippen LogP contribution in [0.1, 0.15) is 17.2 Å². The van der Waals surface area contributed by atoms with E-state index in [0.29, 0.717) is 18.0 Å². The first kappa shape index (κ1) is 13.4. The van der Waals surface area contributed by atoms with Crippen LogP contribution in [0.25, 0.3) is 0 Å². The van der Waals surface area contributed by atoms with Gasteiger partial charge >= 0.3 is 5.97 Å². The summed E-state index contributed by atoms with van der Waals surface area (Å²) in [7, 11) is 3.13. The van der Waals surface area contributed by atoms with Gasteiger partial charge in [-0.15, -0.1) is 0 Å². The van der Waals surface area contributed by atoms with Gasteiger partial charge in [-0.05, 0) is 46.2 Å². The fourth-order valence-electron chi connectivity index (χ4n) is 2.19. The molecule has 1 aliphatic rings. The Hall–Kier alpha value is -1.02. The number of rotatable bonds is 3. The topological polar surface area (TPSA) is 67.8 Å². The summed E-state index contributed by atoms with van der Waals surface area (Å²) in [5.41, 5.74) is 1.79. The smallest absolute Gasteiger partial charge is 0.325 e. The maximum Gasteiger partial charge on any atom is 0.325 e. The number of nitrogens with one attached hydrogen (secondary N) is 1. The zero-order valence-corrected chi connectivity index (χ0v) is 12.3. The van der Waals surface area contributed by atoms with Gasteiger partial charge in [-0.2, -0.15) is 0 Å². The number of hydrogen-bond acceptors (Lipinski definition) is 4. The lowest BCUT2D eigenvalue weighted by Crippen LogP contribution is -2.35. The Balaban J connectivity index is 2.62. The minimum absolute atomic E-state index is 0.565. The highest BCUT2D eigenvalue weighted by Crippen LogP contribution is 2.40. The van der Waals surface area contributed by atoms with Crippen LogP contribution in [-0.2, 0) is 11.2 Å². The molecule has 2 rings (SSSR count). The molecule has 1 unspecified atom stereocenters. The van der Waals surface area contributed by atoms with E-state index in [1.54, 1.807) is 20.3 Å². The van der Waals surface area contributed by atoms with E-state index in [4.69, 9.17) is 9.47 Å². The lowest BCUT2D eigenvalue weighted by atomic mass is 9.93. The zero-order chi connectivity index (χ0) is 13.3. The molecular weight excluding hydrogens is 349 g/mol. The molecule has 1 aromatic carbocycles. The van der Waals surface area contributed by atoms with Gasteiger partial charge in [0.2, 0.25) is 0 Å². The predicted molar refractivity (Wildman–Crippen MR) is 74.3 cm³/mol. The van der Waals surface area contributed by atoms with Crippen molar-refractivity contribution in [2.24, 2.45) is 0 Å². The van der Waals surface area contributed by atoms with Gasteiger partial charge in [0, 0.05) is 6.54 Å². The number of fused-ring (bicyclic) bond motifs is 1. The van der Waals surface area contributed by atoms with Crippen LogP contribution in [-0.4, -0.2) is 31.8 Å². The van der Waals surface area contributed by atoms with E-state index < -0.39 is 12.0 Å². The van der Waals surface area contributed by atoms with Crippen LogP contribution in [0.2, 0.25) is 0 Å². The van der Waals surface area contributed by atoms with Gasteiger partial charge in [0.15, 0.2) is 11.5 Å². The SMILES string of the molecule is COc1cc2c(c(I)c1OC)CCNC2C(=O)O. The molecular formula is C12H14INO4. The maximum atomic E-state index is 11.2. The first-order chi connectivity index (χ1) is 8.60. The lowest BCUT2D eigenvalue weighted by molar-refractivity contribution is -0.139. The van der Waals surface area contributed by atoms with Gasteiger partial charge in [-0.3, -0.25) is 4.79 Å². The predicted octanol–water partition coefficient (Wildman–Crippen LogP) is 1.58. The third-order valence-electron chi connectivity index (χ3n) is 3.03. The molecule has 1 heterocycles. The maximum absolute atomic E-state index is 11.2. The van der Waals surface area contributed by atoms with Crippen LogP contribution >= 0.6 is 22.6 Å². The van der Waals surface area contributed by atoms with Crippen LogP contribution in [0.15, 0.2) is 6.07 Å². The monoisotopic (exact) mass is 363 g/mol. The largest absolute Gasteiger partial charge is 0.493 e. The molecule has 0 bridgehead atoms. The Bertz CT molecular complexity index is 489. The summed E-state index contributed by atoms with van der Waals surface area (Å²) in [5.74, 6) is 0.359. The normalized spacial score (nSPS) is 18.1. The minimum atomic E-state index is -0.876. The molecule has 0 fully saturated rings. The van der Waals surface area contributed by atoms with Crippen LogP contribution in [0.3, 0.4) is 0 Å². The highest BCUT2D eigenvalue weighted by atomic mass is 127. The molecule has 0 aliphatic carbocycles. The summed E-state index contributed by atoms with van der Waals surface area (Å²) in [6.07, 6.45) is 0.789. The second-order valence-corrected chi connectivity index (χ2v) is 5.05. The van der Waals surface area contributed by atoms with Crippen molar-refractivity contribution in [2.45, 2.75) is 12.5 Å². The second-order valence-electron chi connectivity index (χ2n) is 3.97. The van der Waals surface area contributed by atoms with Gasteiger partial charge in [-0.25, -0.2) is 0 Å². The van der Waals surface area contributed by atoms with Gasteiger partial charge in [0.25, 0.3) is 0 Å². The first-order valence-corrected chi connectivity index (χ1v) is 6.57. The van der Waals surface area contributed by atoms with E-state index in [0.717, 1.165) is 21.1 Å². The third-order valence-corrected chi connectivity index (χ3v) is 4.17. The van der Waals surface area contributed by atoms with Crippen molar-refractivity contribution < 1.29 is 19.4 Å². The number of carboxylic acid groups (broad SMARTS) is 1. The van der Waals surface area contributed by atoms with Crippen molar-refractivity contribution in [3.05, 3.63) is 20.8 Å². The van der Waals surface area contributed by atoms with E-state index in [9.17, 15) is 9.90 Å². The van der Waals surface area contributed by atoms with E-state index in [1.807, 2.05) is 0 Å². The van der Waals surface area contributed by atoms with Crippen LogP contribution < -0.4 is 14.8 Å². The standard InChI is InChI=1S/C12H14INO4/c1-17-8-5-7-6(9(13)11(8)18-2)3-4-14-10(7)12(15)16/h5,10,14H,3-4H2,1-2H3,(H,15,16). The van der Waals surface area contributed by atoms with Crippen LogP contribution in [0.5, 0.6) is 11.5 Å². The number of hydrogen-bond donors (Lipinski definition) is 2. The number of halogens is 1. The summed E-state index contributed by atoms with van der Waals surface area (Å²) < 4.78 is 11.5. The number of methoxy groups -OCH3 is 2. The van der Waals surface area contributed by atoms with Crippen molar-refractivity contribution >= 4 is 28.6 Å². The Morgan fingerprint density at radius 2 is 2.22 bits per heavy atom. The number of carbonyl (C=O) groups is 1. The fraction of sp³-hybridized carbons (Fsp3) is 0.417. The Morgan fingerprint density at radius 3 is 2.78 bits per heavy atom. The molecule has 1 atom stereocenters. The van der Waals surface area contributed by atoms with Gasteiger partial charge in [0.1, 0.15) is 6.04 Å². The Kier molecular flexibility index (Phi) is 3.96. The van der Waals surface area contributed by atoms with Crippen molar-refractivity contribution in [1.82, 2.24) is 5.32 Å². The fourth-order valence-corrected chi connectivity index (χ4v) is 3.26. The molecule has 0 aromatic heterocycles. The number of ether oxygens (including phenoxy) is 2. The third kappa shape index (κ3) is 2.14. The molecule has 98 valence electrons. The number of aliphatic carboxylic acids is 1. The summed E-state index contributed by atoms with van der Waals surface area (Å²) in [5, 5.41) is 12.2. The van der Waals surface area contributed by atoms with Crippen LogP contribution in [0.4, 0.5) is 0 Å². The molecule has 0 amide bonds. The van der Waals surface area contributed by atoms with Crippen LogP contribution in [0, 0.1) is 3.57 Å². The molecule has 1 aromatic rings. The molecule has 0 saturated carbocycles. The Labute approximate surface area is 119 Å². The molecule has 5 nitrogen and oxygen atoms in total. The summed E-state index contributed by atoms with van der Waals surface area (Å²) in [4.78, 5) is 11.2. The molecule has 1 aliphatic heterocycles. The molecule has 0 saturated heterocycles. The van der Waals surface area contributed by atoms with Crippen molar-refractivity contribution in [3.8, 4) is 11.5 Å². The van der Waals surface area contributed by atoms with Gasteiger partial charge in [-0.1, -0.05) is 0 Å². The summed E-state index contributed by atoms with van der Waals surface area (Å²) in [6.45, 7) is 0.648. The lowest BCUT2D eigenvalue weighted by Gasteiger charge is -2.26. The van der Waals surface area contributed by atoms with Crippen molar-refractivity contribution in [1.29, 1.82) is 0 Å². The molecule has 2 N–H and O–H groups in total. The van der Waals surface area contributed by atoms with Crippen molar-refractivity contribution in [2.75, 3.05) is 20.8 Å². The highest BCUT2D eigenvalue weighted by molar-refractivity contribution is 14.1. The Morgan fingerprint density at radius 1 is 1.50 bits per heavy atom. The number of carboxylic acids is 1. The van der Waals surface area contributed by atoms with Gasteiger partial charge in [0.05, 0.1) is 17.8 Å². The minimum Gasteiger partial charge on any atom is -0.493 e. The highest BCUT2D eigenvalue weighted by Gasteiger charge is 2.30. The summed E-state index contributed by atoms with van der Waals surface area (Å²) >= 11 is 2.18. The van der Waals surface area contributed by atoms with E-state index >= 15 is 0 Å². The molecule has 18 heavy (non-hydrogen) atoms. The molecule has 0 radical (unpaired) electrons. The van der Waals surface area contributed by atoms with E-state index in [2.05, 4.69) is 27.9 Å². The van der Waals surface area contributed by atoms with E-state index in [-0.39, 0.29) is 0 Å². The first-order valence-electron chi connectivity index (χ1n) is 5.49. The summed E-state index contributed by atoms with van der Waals surface area (Å²) in [6, 6.07) is 1.07. The molecule has 6 heteroatoms. The van der Waals surface area contributed by atoms with E-state index in [1.165, 1.54) is 0 Å². The average Bonchev–Trinajstić information content (AvgIpc) is 2.37. The van der Waals surface area contributed by atoms with Crippen molar-refractivity contribution in [3.63, 3.8) is 0 Å². The van der Waals surface area contributed by atoms with Gasteiger partial charge < -0.3 is 19.9 Å². The number of benzene rings is 1. The quantitative estimate of drug-likeness (QED) is 0.799. The zero-order valence-electron chi connectivity index (χ0n) is 10.1. The molecule has 0 spiro atoms.